The number of hydrogen-bond acceptors (Lipinski definition) is 5. The first-order valence-electron chi connectivity index (χ1n) is 9.37. The molecule has 1 fully saturated rings. The molecule has 0 heterocycles. The van der Waals surface area contributed by atoms with Gasteiger partial charge in [-0.3, -0.25) is 9.69 Å². The van der Waals surface area contributed by atoms with Crippen LogP contribution in [0.15, 0.2) is 48.5 Å². The molecule has 0 saturated heterocycles. The molecule has 156 valence electrons. The lowest BCUT2D eigenvalue weighted by atomic mass is 10.1. The van der Waals surface area contributed by atoms with E-state index in [4.69, 9.17) is 4.74 Å². The van der Waals surface area contributed by atoms with Gasteiger partial charge < -0.3 is 20.3 Å². The van der Waals surface area contributed by atoms with Crippen molar-refractivity contribution >= 4 is 5.91 Å². The molecule has 2 aromatic carbocycles. The number of carbonyl (C=O) groups is 1. The summed E-state index contributed by atoms with van der Waals surface area (Å²) >= 11 is 0. The molecule has 3 rings (SSSR count). The number of likely N-dealkylation sites (N-methyl/N-ethyl adjacent to an activating group) is 1. The lowest BCUT2D eigenvalue weighted by Crippen LogP contribution is -2.52. The lowest BCUT2D eigenvalue weighted by molar-refractivity contribution is 0.0109. The van der Waals surface area contributed by atoms with Crippen LogP contribution in [-0.2, 0) is 0 Å². The number of nitrogens with one attached hydrogen (secondary N) is 1. The summed E-state index contributed by atoms with van der Waals surface area (Å²) < 4.78 is 32.3. The predicted octanol–water partition coefficient (Wildman–Crippen LogP) is 1.57. The highest BCUT2D eigenvalue weighted by Gasteiger charge is 2.46. The second-order valence-corrected chi connectivity index (χ2v) is 7.12. The van der Waals surface area contributed by atoms with Gasteiger partial charge >= 0.3 is 0 Å². The summed E-state index contributed by atoms with van der Waals surface area (Å²) in [7, 11) is 1.73. The van der Waals surface area contributed by atoms with Crippen LogP contribution in [0, 0.1) is 11.6 Å². The smallest absolute Gasteiger partial charge is 0.251 e. The van der Waals surface area contributed by atoms with E-state index in [1.807, 2.05) is 0 Å². The molecule has 8 heteroatoms. The molecule has 1 amide bonds. The Morgan fingerprint density at radius 3 is 2.59 bits per heavy atom. The summed E-state index contributed by atoms with van der Waals surface area (Å²) in [6, 6.07) is 9.76. The van der Waals surface area contributed by atoms with E-state index in [2.05, 4.69) is 5.32 Å². The van der Waals surface area contributed by atoms with Gasteiger partial charge in [-0.25, -0.2) is 8.78 Å². The first-order valence-corrected chi connectivity index (χ1v) is 9.37. The molecule has 1 aliphatic carbocycles. The molecule has 1 saturated carbocycles. The third-order valence-corrected chi connectivity index (χ3v) is 5.10. The lowest BCUT2D eigenvalue weighted by Gasteiger charge is -2.31. The predicted molar refractivity (Wildman–Crippen MR) is 103 cm³/mol. The molecule has 3 N–H and O–H groups in total. The summed E-state index contributed by atoms with van der Waals surface area (Å²) in [6.45, 7) is 0.172. The van der Waals surface area contributed by atoms with E-state index in [0.717, 1.165) is 0 Å². The van der Waals surface area contributed by atoms with E-state index in [9.17, 15) is 23.8 Å². The van der Waals surface area contributed by atoms with Gasteiger partial charge in [-0.1, -0.05) is 6.07 Å². The fourth-order valence-electron chi connectivity index (χ4n) is 3.69. The van der Waals surface area contributed by atoms with E-state index >= 15 is 0 Å². The average Bonchev–Trinajstić information content (AvgIpc) is 2.97. The fourth-order valence-corrected chi connectivity index (χ4v) is 3.69. The molecule has 0 bridgehead atoms. The van der Waals surface area contributed by atoms with E-state index in [0.29, 0.717) is 5.56 Å². The van der Waals surface area contributed by atoms with Gasteiger partial charge in [-0.2, -0.15) is 0 Å². The van der Waals surface area contributed by atoms with Crippen LogP contribution in [0.3, 0.4) is 0 Å². The largest absolute Gasteiger partial charge is 0.487 e. The Bertz CT molecular complexity index is 834. The molecule has 0 spiro atoms. The number of hydrogen-bond donors (Lipinski definition) is 3. The van der Waals surface area contributed by atoms with Gasteiger partial charge in [0.2, 0.25) is 0 Å². The van der Waals surface area contributed by atoms with E-state index in [1.165, 1.54) is 42.5 Å². The van der Waals surface area contributed by atoms with Gasteiger partial charge in [0.25, 0.3) is 5.91 Å². The zero-order valence-electron chi connectivity index (χ0n) is 16.0. The van der Waals surface area contributed by atoms with Crippen LogP contribution in [0.1, 0.15) is 16.8 Å². The molecule has 1 aliphatic rings. The molecule has 0 radical (unpaired) electrons. The summed E-state index contributed by atoms with van der Waals surface area (Å²) in [6.07, 6.45) is -1.37. The van der Waals surface area contributed by atoms with E-state index in [1.54, 1.807) is 18.0 Å². The molecule has 2 aromatic rings. The van der Waals surface area contributed by atoms with Crippen LogP contribution >= 0.6 is 0 Å². The van der Waals surface area contributed by atoms with Crippen molar-refractivity contribution in [3.8, 4) is 5.75 Å². The molecular weight excluding hydrogens is 382 g/mol. The van der Waals surface area contributed by atoms with E-state index < -0.39 is 41.8 Å². The third kappa shape index (κ3) is 5.09. The molecule has 0 aliphatic heterocycles. The zero-order valence-corrected chi connectivity index (χ0v) is 16.0. The van der Waals surface area contributed by atoms with Crippen molar-refractivity contribution in [1.29, 1.82) is 0 Å². The van der Waals surface area contributed by atoms with Crippen LogP contribution in [-0.4, -0.2) is 65.5 Å². The molecular formula is C21H24F2N2O4. The quantitative estimate of drug-likeness (QED) is 0.650. The van der Waals surface area contributed by atoms with Crippen molar-refractivity contribution in [1.82, 2.24) is 10.2 Å². The Hall–Kier alpha value is -2.55. The number of rotatable bonds is 7. The van der Waals surface area contributed by atoms with Crippen molar-refractivity contribution in [3.05, 3.63) is 65.7 Å². The van der Waals surface area contributed by atoms with Gasteiger partial charge in [-0.05, 0) is 43.4 Å². The monoisotopic (exact) mass is 406 g/mol. The Morgan fingerprint density at radius 2 is 1.93 bits per heavy atom. The Labute approximate surface area is 167 Å². The van der Waals surface area contributed by atoms with Gasteiger partial charge in [0.1, 0.15) is 29.6 Å². The Balaban J connectivity index is 1.77. The maximum Gasteiger partial charge on any atom is 0.251 e. The highest BCUT2D eigenvalue weighted by atomic mass is 19.1. The second kappa shape index (κ2) is 9.30. The molecule has 4 atom stereocenters. The average molecular weight is 406 g/mol. The van der Waals surface area contributed by atoms with Crippen molar-refractivity contribution < 1.29 is 28.5 Å². The van der Waals surface area contributed by atoms with Gasteiger partial charge in [-0.15, -0.1) is 0 Å². The van der Waals surface area contributed by atoms with Crippen LogP contribution in [0.5, 0.6) is 5.75 Å². The minimum Gasteiger partial charge on any atom is -0.487 e. The maximum atomic E-state index is 13.4. The molecule has 0 aromatic heterocycles. The van der Waals surface area contributed by atoms with E-state index in [-0.39, 0.29) is 25.3 Å². The molecule has 29 heavy (non-hydrogen) atoms. The van der Waals surface area contributed by atoms with Crippen LogP contribution in [0.25, 0.3) is 0 Å². The van der Waals surface area contributed by atoms with Gasteiger partial charge in [0, 0.05) is 24.6 Å². The van der Waals surface area contributed by atoms with Crippen molar-refractivity contribution in [2.75, 3.05) is 20.2 Å². The van der Waals surface area contributed by atoms with Crippen molar-refractivity contribution in [2.24, 2.45) is 0 Å². The normalized spacial score (nSPS) is 23.9. The maximum absolute atomic E-state index is 13.4. The minimum atomic E-state index is -0.978. The number of halogens is 2. The Morgan fingerprint density at radius 1 is 1.21 bits per heavy atom. The molecule has 6 nitrogen and oxygen atoms in total. The van der Waals surface area contributed by atoms with Crippen LogP contribution in [0.4, 0.5) is 8.78 Å². The third-order valence-electron chi connectivity index (χ3n) is 5.10. The fraction of sp³-hybridized carbons (Fsp3) is 0.381. The standard InChI is InChI=1S/C21H24F2N2O4/c1-25(9-10-26)19-17(24-21(28)13-5-7-14(22)8-6-13)12-18(20(19)27)29-16-4-2-3-15(23)11-16/h2-8,11,17-20,26-27H,9-10,12H2,1H3,(H,24,28)/t17-,18-,19+,20+/m1/s1. The van der Waals surface area contributed by atoms with Gasteiger partial charge in [0.15, 0.2) is 0 Å². The van der Waals surface area contributed by atoms with Crippen LogP contribution < -0.4 is 10.1 Å². The van der Waals surface area contributed by atoms with Crippen molar-refractivity contribution in [3.63, 3.8) is 0 Å². The number of ether oxygens (including phenoxy) is 1. The second-order valence-electron chi connectivity index (χ2n) is 7.12. The number of nitrogens with zero attached hydrogens (tertiary/aromatic N) is 1. The highest BCUT2D eigenvalue weighted by Crippen LogP contribution is 2.29. The molecule has 0 unspecified atom stereocenters. The number of aliphatic hydroxyl groups excluding tert-OH is 2. The van der Waals surface area contributed by atoms with Crippen LogP contribution in [0.2, 0.25) is 0 Å². The zero-order chi connectivity index (χ0) is 21.0. The Kier molecular flexibility index (Phi) is 6.79. The minimum absolute atomic E-state index is 0.117. The summed E-state index contributed by atoms with van der Waals surface area (Å²) in [4.78, 5) is 14.3. The number of aliphatic hydroxyl groups is 2. The summed E-state index contributed by atoms with van der Waals surface area (Å²) in [5, 5.41) is 23.0. The van der Waals surface area contributed by atoms with Gasteiger partial charge in [0.05, 0.1) is 18.7 Å². The first kappa shape index (κ1) is 21.2. The highest BCUT2D eigenvalue weighted by molar-refractivity contribution is 5.94. The SMILES string of the molecule is CN(CCO)[C@@H]1[C@@H](O)[C@H](Oc2cccc(F)c2)C[C@H]1NC(=O)c1ccc(F)cc1. The summed E-state index contributed by atoms with van der Waals surface area (Å²) in [5.74, 6) is -1.02. The van der Waals surface area contributed by atoms with Crippen molar-refractivity contribution in [2.45, 2.75) is 30.7 Å². The first-order chi connectivity index (χ1) is 13.9. The number of amides is 1. The number of carbonyl (C=O) groups excluding carboxylic acids is 1. The summed E-state index contributed by atoms with van der Waals surface area (Å²) in [5.41, 5.74) is 0.291. The topological polar surface area (TPSA) is 82.0 Å². The number of benzene rings is 2.